The first-order valence-corrected chi connectivity index (χ1v) is 6.37. The van der Waals surface area contributed by atoms with Crippen molar-refractivity contribution in [2.45, 2.75) is 46.1 Å². The second kappa shape index (κ2) is 7.02. The SMILES string of the molecule is CCOC(C(=O)CC1CCOCC1)C(C)C. The average Bonchev–Trinajstić information content (AvgIpc) is 2.26. The summed E-state index contributed by atoms with van der Waals surface area (Å²) in [5.41, 5.74) is 0. The summed E-state index contributed by atoms with van der Waals surface area (Å²) in [6.07, 6.45) is 2.48. The smallest absolute Gasteiger partial charge is 0.162 e. The van der Waals surface area contributed by atoms with Crippen LogP contribution >= 0.6 is 0 Å². The summed E-state index contributed by atoms with van der Waals surface area (Å²) in [6, 6.07) is 0. The Kier molecular flexibility index (Phi) is 5.99. The van der Waals surface area contributed by atoms with Gasteiger partial charge in [-0.25, -0.2) is 0 Å². The number of ketones is 1. The lowest BCUT2D eigenvalue weighted by Crippen LogP contribution is -2.32. The third-order valence-corrected chi connectivity index (χ3v) is 3.10. The Labute approximate surface area is 98.5 Å². The Morgan fingerprint density at radius 3 is 2.50 bits per heavy atom. The zero-order valence-corrected chi connectivity index (χ0v) is 10.7. The predicted molar refractivity (Wildman–Crippen MR) is 63.4 cm³/mol. The Morgan fingerprint density at radius 2 is 2.00 bits per heavy atom. The van der Waals surface area contributed by atoms with E-state index in [-0.39, 0.29) is 17.8 Å². The van der Waals surface area contributed by atoms with Gasteiger partial charge in [0, 0.05) is 26.2 Å². The largest absolute Gasteiger partial charge is 0.381 e. The van der Waals surface area contributed by atoms with E-state index in [0.717, 1.165) is 26.1 Å². The van der Waals surface area contributed by atoms with E-state index in [1.807, 2.05) is 20.8 Å². The van der Waals surface area contributed by atoms with E-state index >= 15 is 0 Å². The molecule has 3 heteroatoms. The van der Waals surface area contributed by atoms with E-state index < -0.39 is 0 Å². The summed E-state index contributed by atoms with van der Waals surface area (Å²) in [6.45, 7) is 8.25. The summed E-state index contributed by atoms with van der Waals surface area (Å²) < 4.78 is 10.8. The number of carbonyl (C=O) groups excluding carboxylic acids is 1. The van der Waals surface area contributed by atoms with E-state index in [1.165, 1.54) is 0 Å². The molecule has 0 N–H and O–H groups in total. The van der Waals surface area contributed by atoms with E-state index in [2.05, 4.69) is 0 Å². The molecule has 0 spiro atoms. The highest BCUT2D eigenvalue weighted by Crippen LogP contribution is 2.21. The standard InChI is InChI=1S/C13H24O3/c1-4-16-13(10(2)3)12(14)9-11-5-7-15-8-6-11/h10-11,13H,4-9H2,1-3H3. The maximum atomic E-state index is 12.1. The zero-order chi connectivity index (χ0) is 12.0. The van der Waals surface area contributed by atoms with Gasteiger partial charge in [-0.15, -0.1) is 0 Å². The first-order valence-electron chi connectivity index (χ1n) is 6.37. The van der Waals surface area contributed by atoms with Gasteiger partial charge < -0.3 is 9.47 Å². The van der Waals surface area contributed by atoms with Crippen molar-refractivity contribution < 1.29 is 14.3 Å². The van der Waals surface area contributed by atoms with Crippen LogP contribution in [0.4, 0.5) is 0 Å². The van der Waals surface area contributed by atoms with Crippen molar-refractivity contribution in [2.75, 3.05) is 19.8 Å². The highest BCUT2D eigenvalue weighted by Gasteiger charge is 2.26. The summed E-state index contributed by atoms with van der Waals surface area (Å²) in [5, 5.41) is 0. The molecule has 0 saturated carbocycles. The Balaban J connectivity index is 2.40. The normalized spacial score (nSPS) is 20.0. The third-order valence-electron chi connectivity index (χ3n) is 3.10. The van der Waals surface area contributed by atoms with Crippen LogP contribution in [-0.4, -0.2) is 31.7 Å². The minimum absolute atomic E-state index is 0.215. The molecule has 1 aliphatic rings. The number of carbonyl (C=O) groups is 1. The van der Waals surface area contributed by atoms with Crippen molar-refractivity contribution in [3.8, 4) is 0 Å². The van der Waals surface area contributed by atoms with Gasteiger partial charge in [0.1, 0.15) is 6.10 Å². The number of ether oxygens (including phenoxy) is 2. The number of rotatable bonds is 6. The lowest BCUT2D eigenvalue weighted by atomic mass is 9.90. The van der Waals surface area contributed by atoms with Crippen LogP contribution in [0.3, 0.4) is 0 Å². The molecule has 1 heterocycles. The summed E-state index contributed by atoms with van der Waals surface area (Å²) >= 11 is 0. The summed E-state index contributed by atoms with van der Waals surface area (Å²) in [4.78, 5) is 12.1. The van der Waals surface area contributed by atoms with Crippen LogP contribution in [0.15, 0.2) is 0 Å². The van der Waals surface area contributed by atoms with Crippen LogP contribution < -0.4 is 0 Å². The van der Waals surface area contributed by atoms with E-state index in [0.29, 0.717) is 18.9 Å². The molecule has 1 atom stereocenters. The lowest BCUT2D eigenvalue weighted by Gasteiger charge is -2.25. The average molecular weight is 228 g/mol. The quantitative estimate of drug-likeness (QED) is 0.700. The summed E-state index contributed by atoms with van der Waals surface area (Å²) in [5.74, 6) is 1.04. The number of hydrogen-bond donors (Lipinski definition) is 0. The van der Waals surface area contributed by atoms with Crippen molar-refractivity contribution in [3.63, 3.8) is 0 Å². The van der Waals surface area contributed by atoms with Crippen LogP contribution in [0.5, 0.6) is 0 Å². The van der Waals surface area contributed by atoms with Gasteiger partial charge in [0.2, 0.25) is 0 Å². The van der Waals surface area contributed by atoms with Crippen molar-refractivity contribution in [3.05, 3.63) is 0 Å². The van der Waals surface area contributed by atoms with Crippen molar-refractivity contribution in [1.82, 2.24) is 0 Å². The molecule has 1 saturated heterocycles. The molecular weight excluding hydrogens is 204 g/mol. The second-order valence-electron chi connectivity index (χ2n) is 4.85. The Hall–Kier alpha value is -0.410. The van der Waals surface area contributed by atoms with Crippen LogP contribution in [0.25, 0.3) is 0 Å². The van der Waals surface area contributed by atoms with E-state index in [4.69, 9.17) is 9.47 Å². The third kappa shape index (κ3) is 4.22. The summed E-state index contributed by atoms with van der Waals surface area (Å²) in [7, 11) is 0. The molecule has 0 amide bonds. The van der Waals surface area contributed by atoms with Crippen LogP contribution in [0, 0.1) is 11.8 Å². The van der Waals surface area contributed by atoms with Crippen molar-refractivity contribution in [1.29, 1.82) is 0 Å². The van der Waals surface area contributed by atoms with Gasteiger partial charge in [-0.3, -0.25) is 4.79 Å². The zero-order valence-electron chi connectivity index (χ0n) is 10.7. The monoisotopic (exact) mass is 228 g/mol. The predicted octanol–water partition coefficient (Wildman–Crippen LogP) is 2.43. The maximum Gasteiger partial charge on any atom is 0.162 e. The highest BCUT2D eigenvalue weighted by atomic mass is 16.5. The minimum atomic E-state index is -0.215. The van der Waals surface area contributed by atoms with E-state index in [9.17, 15) is 4.79 Å². The number of hydrogen-bond acceptors (Lipinski definition) is 3. The lowest BCUT2D eigenvalue weighted by molar-refractivity contribution is -0.134. The van der Waals surface area contributed by atoms with Crippen molar-refractivity contribution >= 4 is 5.78 Å². The fraction of sp³-hybridized carbons (Fsp3) is 0.923. The van der Waals surface area contributed by atoms with Gasteiger partial charge in [-0.05, 0) is 31.6 Å². The van der Waals surface area contributed by atoms with Crippen molar-refractivity contribution in [2.24, 2.45) is 11.8 Å². The molecule has 0 aliphatic carbocycles. The highest BCUT2D eigenvalue weighted by molar-refractivity contribution is 5.83. The van der Waals surface area contributed by atoms with Gasteiger partial charge in [0.05, 0.1) is 0 Å². The fourth-order valence-corrected chi connectivity index (χ4v) is 2.19. The van der Waals surface area contributed by atoms with Gasteiger partial charge in [0.15, 0.2) is 5.78 Å². The van der Waals surface area contributed by atoms with Gasteiger partial charge in [-0.2, -0.15) is 0 Å². The molecule has 0 bridgehead atoms. The molecule has 94 valence electrons. The molecular formula is C13H24O3. The van der Waals surface area contributed by atoms with Gasteiger partial charge in [-0.1, -0.05) is 13.8 Å². The van der Waals surface area contributed by atoms with Crippen LogP contribution in [0.2, 0.25) is 0 Å². The molecule has 0 aromatic carbocycles. The fourth-order valence-electron chi connectivity index (χ4n) is 2.19. The maximum absolute atomic E-state index is 12.1. The minimum Gasteiger partial charge on any atom is -0.381 e. The second-order valence-corrected chi connectivity index (χ2v) is 4.85. The molecule has 0 aromatic rings. The van der Waals surface area contributed by atoms with Crippen LogP contribution in [-0.2, 0) is 14.3 Å². The molecule has 0 aromatic heterocycles. The van der Waals surface area contributed by atoms with Gasteiger partial charge >= 0.3 is 0 Å². The first-order chi connectivity index (χ1) is 7.65. The molecule has 1 rings (SSSR count). The molecule has 1 fully saturated rings. The first kappa shape index (κ1) is 13.7. The van der Waals surface area contributed by atoms with E-state index in [1.54, 1.807) is 0 Å². The molecule has 16 heavy (non-hydrogen) atoms. The Bertz CT molecular complexity index is 207. The molecule has 0 radical (unpaired) electrons. The molecule has 1 unspecified atom stereocenters. The molecule has 1 aliphatic heterocycles. The Morgan fingerprint density at radius 1 is 1.38 bits per heavy atom. The molecule has 3 nitrogen and oxygen atoms in total. The van der Waals surface area contributed by atoms with Gasteiger partial charge in [0.25, 0.3) is 0 Å². The topological polar surface area (TPSA) is 35.5 Å². The van der Waals surface area contributed by atoms with Crippen LogP contribution in [0.1, 0.15) is 40.0 Å². The number of Topliss-reactive ketones (excluding diaryl/α,β-unsaturated/α-hetero) is 1.